The minimum absolute atomic E-state index is 0.371. The van der Waals surface area contributed by atoms with Crippen molar-refractivity contribution in [3.63, 3.8) is 0 Å². The molecule has 0 unspecified atom stereocenters. The Morgan fingerprint density at radius 1 is 0.435 bits per heavy atom. The quantitative estimate of drug-likeness (QED) is 0.119. The molecular formula is C43H37O2P. The maximum absolute atomic E-state index is 12.3. The van der Waals surface area contributed by atoms with Gasteiger partial charge in [0, 0.05) is 11.1 Å². The predicted molar refractivity (Wildman–Crippen MR) is 197 cm³/mol. The molecule has 2 nitrogen and oxygen atoms in total. The first-order valence-electron chi connectivity index (χ1n) is 16.1. The van der Waals surface area contributed by atoms with Gasteiger partial charge in [-0.1, -0.05) is 146 Å². The summed E-state index contributed by atoms with van der Waals surface area (Å²) in [7, 11) is -0.913. The van der Waals surface area contributed by atoms with E-state index in [1.807, 2.05) is 18.2 Å². The highest BCUT2D eigenvalue weighted by molar-refractivity contribution is 7.80. The van der Waals surface area contributed by atoms with E-state index in [0.29, 0.717) is 11.5 Å². The van der Waals surface area contributed by atoms with Crippen LogP contribution in [0.5, 0.6) is 11.5 Å². The summed E-state index contributed by atoms with van der Waals surface area (Å²) in [5, 5.41) is 30.8. The molecule has 7 aromatic rings. The van der Waals surface area contributed by atoms with Gasteiger partial charge in [-0.2, -0.15) is 0 Å². The van der Waals surface area contributed by atoms with Crippen LogP contribution in [-0.4, -0.2) is 10.2 Å². The fraction of sp³-hybridized carbons (Fsp3) is 0.116. The zero-order chi connectivity index (χ0) is 31.3. The van der Waals surface area contributed by atoms with Crippen molar-refractivity contribution in [3.8, 4) is 22.6 Å². The van der Waals surface area contributed by atoms with E-state index >= 15 is 0 Å². The lowest BCUT2D eigenvalue weighted by molar-refractivity contribution is 0.465. The molecule has 0 aliphatic heterocycles. The summed E-state index contributed by atoms with van der Waals surface area (Å²) < 4.78 is 0. The van der Waals surface area contributed by atoms with Gasteiger partial charge < -0.3 is 10.2 Å². The van der Waals surface area contributed by atoms with E-state index < -0.39 is 7.92 Å². The number of para-hydroxylation sites is 1. The fourth-order valence-electron chi connectivity index (χ4n) is 6.66. The molecule has 0 aliphatic rings. The van der Waals surface area contributed by atoms with Crippen LogP contribution in [0.3, 0.4) is 0 Å². The van der Waals surface area contributed by atoms with Gasteiger partial charge in [-0.05, 0) is 94.3 Å². The van der Waals surface area contributed by atoms with Crippen LogP contribution in [0.15, 0.2) is 152 Å². The Morgan fingerprint density at radius 3 is 1.65 bits per heavy atom. The van der Waals surface area contributed by atoms with Crippen LogP contribution in [0.1, 0.15) is 30.4 Å². The molecule has 0 heterocycles. The summed E-state index contributed by atoms with van der Waals surface area (Å²) in [4.78, 5) is 0. The van der Waals surface area contributed by atoms with Crippen molar-refractivity contribution in [2.45, 2.75) is 32.1 Å². The Kier molecular flexibility index (Phi) is 8.81. The normalized spacial score (nSPS) is 11.4. The van der Waals surface area contributed by atoms with Gasteiger partial charge in [-0.15, -0.1) is 0 Å². The largest absolute Gasteiger partial charge is 0.508 e. The summed E-state index contributed by atoms with van der Waals surface area (Å²) in [5.74, 6) is 0.754. The molecule has 7 aromatic carbocycles. The van der Waals surface area contributed by atoms with Crippen molar-refractivity contribution in [1.29, 1.82) is 0 Å². The van der Waals surface area contributed by atoms with E-state index in [2.05, 4.69) is 127 Å². The third-order valence-corrected chi connectivity index (χ3v) is 11.4. The highest BCUT2D eigenvalue weighted by Crippen LogP contribution is 2.46. The second kappa shape index (κ2) is 13.6. The Bertz CT molecular complexity index is 2060. The Balaban J connectivity index is 1.36. The van der Waals surface area contributed by atoms with Crippen LogP contribution in [0, 0.1) is 0 Å². The average Bonchev–Trinajstić information content (AvgIpc) is 3.10. The molecule has 3 heteroatoms. The summed E-state index contributed by atoms with van der Waals surface area (Å²) in [5.41, 5.74) is 4.02. The van der Waals surface area contributed by atoms with Crippen LogP contribution in [-0.2, 0) is 12.8 Å². The van der Waals surface area contributed by atoms with Crippen LogP contribution >= 0.6 is 7.92 Å². The maximum Gasteiger partial charge on any atom is 0.127 e. The molecule has 226 valence electrons. The number of phenols is 2. The average molecular weight is 617 g/mol. The van der Waals surface area contributed by atoms with E-state index in [9.17, 15) is 10.2 Å². The van der Waals surface area contributed by atoms with Crippen molar-refractivity contribution < 1.29 is 10.2 Å². The van der Waals surface area contributed by atoms with E-state index in [0.717, 1.165) is 75.9 Å². The smallest absolute Gasteiger partial charge is 0.127 e. The Labute approximate surface area is 272 Å². The Morgan fingerprint density at radius 2 is 0.978 bits per heavy atom. The molecule has 2 N–H and O–H groups in total. The first kappa shape index (κ1) is 29.8. The van der Waals surface area contributed by atoms with Crippen molar-refractivity contribution in [2.24, 2.45) is 0 Å². The third kappa shape index (κ3) is 6.02. The van der Waals surface area contributed by atoms with E-state index in [-0.39, 0.29) is 0 Å². The minimum Gasteiger partial charge on any atom is -0.508 e. The third-order valence-electron chi connectivity index (χ3n) is 8.91. The molecule has 0 saturated heterocycles. The number of fused-ring (bicyclic) bond motifs is 2. The predicted octanol–water partition coefficient (Wildman–Crippen LogP) is 9.78. The topological polar surface area (TPSA) is 40.5 Å². The molecule has 0 radical (unpaired) electrons. The van der Waals surface area contributed by atoms with E-state index in [1.165, 1.54) is 15.9 Å². The highest BCUT2D eigenvalue weighted by atomic mass is 31.1. The van der Waals surface area contributed by atoms with Gasteiger partial charge in [0.2, 0.25) is 0 Å². The summed E-state index contributed by atoms with van der Waals surface area (Å²) >= 11 is 0. The summed E-state index contributed by atoms with van der Waals surface area (Å²) in [6, 6.07) is 53.0. The van der Waals surface area contributed by atoms with Crippen LogP contribution in [0.25, 0.3) is 32.7 Å². The SMILES string of the molecule is Oc1ccccc1CCCCCc1cc2ccccc2c(-c2c(P(c3ccccc3)c3ccccc3)ccc3ccccc23)c1O. The van der Waals surface area contributed by atoms with Crippen molar-refractivity contribution >= 4 is 45.4 Å². The number of unbranched alkanes of at least 4 members (excludes halogenated alkanes) is 2. The molecule has 0 spiro atoms. The van der Waals surface area contributed by atoms with Gasteiger partial charge in [0.1, 0.15) is 11.5 Å². The number of aromatic hydroxyl groups is 2. The van der Waals surface area contributed by atoms with Gasteiger partial charge in [0.15, 0.2) is 0 Å². The lowest BCUT2D eigenvalue weighted by Gasteiger charge is -2.25. The van der Waals surface area contributed by atoms with E-state index in [1.54, 1.807) is 6.07 Å². The first-order valence-corrected chi connectivity index (χ1v) is 17.5. The fourth-order valence-corrected chi connectivity index (χ4v) is 9.13. The number of hydrogen-bond acceptors (Lipinski definition) is 2. The standard InChI is InChI=1S/C43H37O2P/c44-39-27-15-12-18-32(39)17-4-1-5-20-34-30-33-19-11-14-26-38(33)42(43(34)45)41-37-25-13-10-16-31(37)28-29-40(41)46(35-21-6-2-7-22-35)36-23-8-3-9-24-36/h2-3,6-16,18-19,21-30,44-45H,1,4-5,17,20H2. The molecule has 0 aromatic heterocycles. The molecule has 0 fully saturated rings. The summed E-state index contributed by atoms with van der Waals surface area (Å²) in [6.07, 6.45) is 4.61. The number of hydrogen-bond donors (Lipinski definition) is 2. The van der Waals surface area contributed by atoms with Crippen molar-refractivity contribution in [1.82, 2.24) is 0 Å². The zero-order valence-electron chi connectivity index (χ0n) is 25.8. The summed E-state index contributed by atoms with van der Waals surface area (Å²) in [6.45, 7) is 0. The number of aryl methyl sites for hydroxylation is 2. The molecule has 0 atom stereocenters. The van der Waals surface area contributed by atoms with Crippen molar-refractivity contribution in [2.75, 3.05) is 0 Å². The second-order valence-electron chi connectivity index (χ2n) is 11.9. The van der Waals surface area contributed by atoms with Gasteiger partial charge in [0.05, 0.1) is 0 Å². The van der Waals surface area contributed by atoms with Gasteiger partial charge in [-0.3, -0.25) is 0 Å². The first-order chi connectivity index (χ1) is 22.7. The molecule has 7 rings (SSSR count). The van der Waals surface area contributed by atoms with Crippen LogP contribution in [0.4, 0.5) is 0 Å². The van der Waals surface area contributed by atoms with Gasteiger partial charge in [0.25, 0.3) is 0 Å². The number of rotatable bonds is 10. The second-order valence-corrected chi connectivity index (χ2v) is 14.0. The minimum atomic E-state index is -0.913. The lowest BCUT2D eigenvalue weighted by Crippen LogP contribution is -2.22. The molecule has 0 saturated carbocycles. The molecule has 0 aliphatic carbocycles. The van der Waals surface area contributed by atoms with Gasteiger partial charge in [-0.25, -0.2) is 0 Å². The molecule has 0 bridgehead atoms. The number of benzene rings is 7. The highest BCUT2D eigenvalue weighted by Gasteiger charge is 2.25. The molecular weight excluding hydrogens is 579 g/mol. The van der Waals surface area contributed by atoms with Crippen LogP contribution < -0.4 is 15.9 Å². The maximum atomic E-state index is 12.3. The van der Waals surface area contributed by atoms with Crippen LogP contribution in [0.2, 0.25) is 0 Å². The zero-order valence-corrected chi connectivity index (χ0v) is 26.7. The lowest BCUT2D eigenvalue weighted by atomic mass is 9.89. The van der Waals surface area contributed by atoms with Gasteiger partial charge >= 0.3 is 0 Å². The van der Waals surface area contributed by atoms with E-state index in [4.69, 9.17) is 0 Å². The monoisotopic (exact) mass is 616 g/mol. The Hall–Kier alpha value is -4.91. The number of phenolic OH excluding ortho intramolecular Hbond substituents is 2. The molecule has 46 heavy (non-hydrogen) atoms. The molecule has 0 amide bonds. The van der Waals surface area contributed by atoms with Crippen molar-refractivity contribution in [3.05, 3.63) is 163 Å².